The lowest BCUT2D eigenvalue weighted by atomic mass is 9.84. The molecule has 1 saturated carbocycles. The van der Waals surface area contributed by atoms with E-state index in [9.17, 15) is 9.59 Å². The Morgan fingerprint density at radius 2 is 1.58 bits per heavy atom. The van der Waals surface area contributed by atoms with Crippen LogP contribution in [0.5, 0.6) is 0 Å². The van der Waals surface area contributed by atoms with Gasteiger partial charge in [-0.2, -0.15) is 0 Å². The maximum Gasteiger partial charge on any atom is 0.225 e. The molecule has 1 fully saturated rings. The van der Waals surface area contributed by atoms with Gasteiger partial charge in [0.1, 0.15) is 5.82 Å². The first kappa shape index (κ1) is 27.5. The molecule has 0 unspecified atom stereocenters. The van der Waals surface area contributed by atoms with Crippen molar-refractivity contribution in [2.45, 2.75) is 71.4 Å². The molecule has 38 heavy (non-hydrogen) atoms. The highest BCUT2D eigenvalue weighted by molar-refractivity contribution is 5.92. The third kappa shape index (κ3) is 7.07. The fourth-order valence-corrected chi connectivity index (χ4v) is 5.02. The van der Waals surface area contributed by atoms with Gasteiger partial charge in [-0.1, -0.05) is 68.4 Å². The minimum atomic E-state index is -0.408. The summed E-state index contributed by atoms with van der Waals surface area (Å²) < 4.78 is 0. The first-order valence-corrected chi connectivity index (χ1v) is 13.7. The van der Waals surface area contributed by atoms with Gasteiger partial charge in [0, 0.05) is 35.7 Å². The summed E-state index contributed by atoms with van der Waals surface area (Å²) in [5.74, 6) is 0.953. The average molecular weight is 513 g/mol. The van der Waals surface area contributed by atoms with E-state index in [1.807, 2.05) is 58.2 Å². The number of nitrogens with one attached hydrogen (secondary N) is 2. The molecule has 1 aliphatic rings. The molecule has 0 aliphatic heterocycles. The van der Waals surface area contributed by atoms with Crippen LogP contribution in [-0.2, 0) is 15.1 Å². The van der Waals surface area contributed by atoms with Crippen LogP contribution in [0.25, 0.3) is 22.3 Å². The number of pyridine rings is 1. The molecule has 200 valence electrons. The number of hydrogen-bond donors (Lipinski definition) is 3. The van der Waals surface area contributed by atoms with Crippen LogP contribution in [0.15, 0.2) is 66.9 Å². The number of rotatable bonds is 8. The van der Waals surface area contributed by atoms with E-state index in [1.165, 1.54) is 0 Å². The Morgan fingerprint density at radius 3 is 2.18 bits per heavy atom. The van der Waals surface area contributed by atoms with Crippen molar-refractivity contribution in [1.29, 1.82) is 0 Å². The van der Waals surface area contributed by atoms with E-state index >= 15 is 0 Å². The van der Waals surface area contributed by atoms with Crippen molar-refractivity contribution in [3.8, 4) is 22.3 Å². The van der Waals surface area contributed by atoms with Crippen molar-refractivity contribution in [3.63, 3.8) is 0 Å². The summed E-state index contributed by atoms with van der Waals surface area (Å²) in [5, 5.41) is 6.16. The summed E-state index contributed by atoms with van der Waals surface area (Å²) in [5.41, 5.74) is 11.0. The van der Waals surface area contributed by atoms with Crippen LogP contribution in [0.2, 0.25) is 0 Å². The van der Waals surface area contributed by atoms with Gasteiger partial charge in [-0.05, 0) is 73.8 Å². The molecule has 3 aromatic rings. The van der Waals surface area contributed by atoms with Gasteiger partial charge < -0.3 is 16.4 Å². The van der Waals surface area contributed by atoms with Gasteiger partial charge in [-0.3, -0.25) is 9.59 Å². The van der Waals surface area contributed by atoms with Gasteiger partial charge in [0.05, 0.1) is 0 Å². The summed E-state index contributed by atoms with van der Waals surface area (Å²) in [6.07, 6.45) is 6.01. The summed E-state index contributed by atoms with van der Waals surface area (Å²) in [6.45, 7) is 7.81. The summed E-state index contributed by atoms with van der Waals surface area (Å²) in [4.78, 5) is 29.5. The Balaban J connectivity index is 1.46. The van der Waals surface area contributed by atoms with Gasteiger partial charge in [0.2, 0.25) is 11.8 Å². The highest BCUT2D eigenvalue weighted by atomic mass is 16.2. The van der Waals surface area contributed by atoms with Crippen LogP contribution in [-0.4, -0.2) is 22.8 Å². The summed E-state index contributed by atoms with van der Waals surface area (Å²) >= 11 is 0. The quantitative estimate of drug-likeness (QED) is 0.331. The van der Waals surface area contributed by atoms with Gasteiger partial charge in [0.15, 0.2) is 0 Å². The Kier molecular flexibility index (Phi) is 8.62. The SMILES string of the molecule is CC(C)C(=O)NC1CCC(CC(=O)Nc2cc(-c3ccccc3)c(-c3ccc(C(C)(C)N)cc3)cn2)CC1. The number of aromatic nitrogens is 1. The Bertz CT molecular complexity index is 1240. The minimum Gasteiger partial charge on any atom is -0.353 e. The van der Waals surface area contributed by atoms with Crippen molar-refractivity contribution < 1.29 is 9.59 Å². The maximum absolute atomic E-state index is 12.9. The Hall–Kier alpha value is -3.51. The molecular weight excluding hydrogens is 472 g/mol. The molecule has 1 aliphatic carbocycles. The number of hydrogen-bond acceptors (Lipinski definition) is 4. The molecular formula is C32H40N4O2. The molecule has 6 nitrogen and oxygen atoms in total. The molecule has 6 heteroatoms. The van der Waals surface area contributed by atoms with E-state index in [2.05, 4.69) is 52.0 Å². The van der Waals surface area contributed by atoms with Crippen molar-refractivity contribution in [1.82, 2.24) is 10.3 Å². The van der Waals surface area contributed by atoms with E-state index in [0.29, 0.717) is 18.2 Å². The average Bonchev–Trinajstić information content (AvgIpc) is 2.90. The molecule has 4 N–H and O–H groups in total. The number of amides is 2. The fraction of sp³-hybridized carbons (Fsp3) is 0.406. The van der Waals surface area contributed by atoms with Crippen LogP contribution < -0.4 is 16.4 Å². The minimum absolute atomic E-state index is 0.00406. The lowest BCUT2D eigenvalue weighted by Crippen LogP contribution is -2.40. The molecule has 0 radical (unpaired) electrons. The molecule has 2 aromatic carbocycles. The number of anilines is 1. The second-order valence-corrected chi connectivity index (χ2v) is 11.4. The molecule has 1 aromatic heterocycles. The molecule has 2 amide bonds. The fourth-order valence-electron chi connectivity index (χ4n) is 5.02. The molecule has 4 rings (SSSR count). The van der Waals surface area contributed by atoms with Crippen LogP contribution >= 0.6 is 0 Å². The zero-order chi connectivity index (χ0) is 27.3. The van der Waals surface area contributed by atoms with Crippen LogP contribution in [0.4, 0.5) is 5.82 Å². The maximum atomic E-state index is 12.9. The van der Waals surface area contributed by atoms with Crippen LogP contribution in [0, 0.1) is 11.8 Å². The van der Waals surface area contributed by atoms with E-state index < -0.39 is 5.54 Å². The number of nitrogens with two attached hydrogens (primary N) is 1. The zero-order valence-electron chi connectivity index (χ0n) is 23.0. The van der Waals surface area contributed by atoms with Crippen LogP contribution in [0.3, 0.4) is 0 Å². The molecule has 0 bridgehead atoms. The number of benzene rings is 2. The molecule has 0 saturated heterocycles. The lowest BCUT2D eigenvalue weighted by Gasteiger charge is -2.29. The van der Waals surface area contributed by atoms with Gasteiger partial charge in [0.25, 0.3) is 0 Å². The normalized spacial score (nSPS) is 17.7. The standard InChI is InChI=1S/C32H40N4O2/c1-21(2)31(38)35-26-16-10-22(11-17-26)18-30(37)36-29-19-27(23-8-6-5-7-9-23)28(20-34-29)24-12-14-25(15-13-24)32(3,4)33/h5-9,12-15,19-22,26H,10-11,16-18,33H2,1-4H3,(H,35,38)(H,34,36,37). The van der Waals surface area contributed by atoms with E-state index in [4.69, 9.17) is 5.73 Å². The third-order valence-corrected chi connectivity index (χ3v) is 7.39. The largest absolute Gasteiger partial charge is 0.353 e. The third-order valence-electron chi connectivity index (χ3n) is 7.39. The highest BCUT2D eigenvalue weighted by Gasteiger charge is 2.25. The van der Waals surface area contributed by atoms with E-state index in [0.717, 1.165) is 53.5 Å². The topological polar surface area (TPSA) is 97.1 Å². The second kappa shape index (κ2) is 11.9. The second-order valence-electron chi connectivity index (χ2n) is 11.4. The number of carbonyl (C=O) groups is 2. The first-order valence-electron chi connectivity index (χ1n) is 13.7. The van der Waals surface area contributed by atoms with E-state index in [-0.39, 0.29) is 23.8 Å². The summed E-state index contributed by atoms with van der Waals surface area (Å²) in [7, 11) is 0. The Morgan fingerprint density at radius 1 is 0.947 bits per heavy atom. The Labute approximate surface area is 226 Å². The molecule has 0 spiro atoms. The smallest absolute Gasteiger partial charge is 0.225 e. The predicted molar refractivity (Wildman–Crippen MR) is 154 cm³/mol. The van der Waals surface area contributed by atoms with Crippen molar-refractivity contribution in [2.75, 3.05) is 5.32 Å². The lowest BCUT2D eigenvalue weighted by molar-refractivity contribution is -0.125. The first-order chi connectivity index (χ1) is 18.1. The highest BCUT2D eigenvalue weighted by Crippen LogP contribution is 2.34. The monoisotopic (exact) mass is 512 g/mol. The van der Waals surface area contributed by atoms with Gasteiger partial charge in [-0.15, -0.1) is 0 Å². The van der Waals surface area contributed by atoms with E-state index in [1.54, 1.807) is 0 Å². The zero-order valence-corrected chi connectivity index (χ0v) is 23.0. The van der Waals surface area contributed by atoms with Crippen LogP contribution in [0.1, 0.15) is 65.4 Å². The van der Waals surface area contributed by atoms with Crippen molar-refractivity contribution in [2.24, 2.45) is 17.6 Å². The number of nitrogens with zero attached hydrogens (tertiary/aromatic N) is 1. The van der Waals surface area contributed by atoms with Crippen molar-refractivity contribution >= 4 is 17.6 Å². The molecule has 0 atom stereocenters. The van der Waals surface area contributed by atoms with Gasteiger partial charge >= 0.3 is 0 Å². The predicted octanol–water partition coefficient (Wildman–Crippen LogP) is 6.27. The number of carbonyl (C=O) groups excluding carboxylic acids is 2. The summed E-state index contributed by atoms with van der Waals surface area (Å²) in [6, 6.07) is 20.6. The molecule has 1 heterocycles. The van der Waals surface area contributed by atoms with Gasteiger partial charge in [-0.25, -0.2) is 4.98 Å². The van der Waals surface area contributed by atoms with Crippen molar-refractivity contribution in [3.05, 3.63) is 72.4 Å².